The highest BCUT2D eigenvalue weighted by atomic mass is 32.2. The van der Waals surface area contributed by atoms with Gasteiger partial charge < -0.3 is 5.11 Å². The van der Waals surface area contributed by atoms with Crippen LogP contribution in [-0.2, 0) is 14.8 Å². The van der Waals surface area contributed by atoms with E-state index in [1.165, 1.54) is 25.1 Å². The molecule has 0 amide bonds. The highest BCUT2D eigenvalue weighted by Crippen LogP contribution is 2.17. The first kappa shape index (κ1) is 14.6. The van der Waals surface area contributed by atoms with E-state index in [4.69, 9.17) is 5.11 Å². The highest BCUT2D eigenvalue weighted by molar-refractivity contribution is 7.90. The minimum Gasteiger partial charge on any atom is -0.480 e. The zero-order valence-corrected chi connectivity index (χ0v) is 10.7. The number of hydrogen-bond acceptors (Lipinski definition) is 3. The summed E-state index contributed by atoms with van der Waals surface area (Å²) in [4.78, 5) is 10.6. The molecule has 7 heteroatoms. The Kier molecular flexibility index (Phi) is 4.42. The lowest BCUT2D eigenvalue weighted by atomic mass is 10.1. The van der Waals surface area contributed by atoms with Crippen LogP contribution in [0.5, 0.6) is 0 Å². The van der Waals surface area contributed by atoms with Crippen LogP contribution in [0.3, 0.4) is 0 Å². The van der Waals surface area contributed by atoms with Gasteiger partial charge in [0.1, 0.15) is 5.82 Å². The molecule has 0 radical (unpaired) electrons. The molecule has 18 heavy (non-hydrogen) atoms. The Bertz CT molecular complexity index is 544. The number of carbonyl (C=O) groups is 1. The predicted molar refractivity (Wildman–Crippen MR) is 64.0 cm³/mol. The average Bonchev–Trinajstić information content (AvgIpc) is 2.27. The van der Waals surface area contributed by atoms with E-state index in [1.54, 1.807) is 6.07 Å². The first-order valence-electron chi connectivity index (χ1n) is 5.24. The fourth-order valence-electron chi connectivity index (χ4n) is 1.37. The smallest absolute Gasteiger partial charge is 0.323 e. The van der Waals surface area contributed by atoms with E-state index in [0.29, 0.717) is 0 Å². The summed E-state index contributed by atoms with van der Waals surface area (Å²) in [6.45, 7) is 2.50. The number of nitrogens with one attached hydrogen (secondary N) is 1. The van der Waals surface area contributed by atoms with Gasteiger partial charge in [-0.25, -0.2) is 17.5 Å². The van der Waals surface area contributed by atoms with Crippen molar-refractivity contribution in [1.29, 1.82) is 0 Å². The molecule has 1 rings (SSSR count). The Balaban J connectivity index is 2.92. The van der Waals surface area contributed by atoms with Crippen molar-refractivity contribution in [2.75, 3.05) is 0 Å². The molecule has 0 aliphatic carbocycles. The molecule has 0 aliphatic rings. The van der Waals surface area contributed by atoms with Crippen LogP contribution >= 0.6 is 0 Å². The normalized spacial score (nSPS) is 15.1. The monoisotopic (exact) mass is 275 g/mol. The van der Waals surface area contributed by atoms with E-state index in [2.05, 4.69) is 4.72 Å². The van der Waals surface area contributed by atoms with Crippen LogP contribution in [0.15, 0.2) is 24.3 Å². The van der Waals surface area contributed by atoms with Gasteiger partial charge in [0.25, 0.3) is 0 Å². The van der Waals surface area contributed by atoms with Crippen molar-refractivity contribution in [3.8, 4) is 0 Å². The molecule has 5 nitrogen and oxygen atoms in total. The number of rotatable bonds is 5. The van der Waals surface area contributed by atoms with Crippen LogP contribution in [0.4, 0.5) is 4.39 Å². The number of halogens is 1. The SMILES string of the molecule is CC(C(=O)O)S(=O)(=O)N[C@H](C)c1ccccc1F. The molecule has 0 heterocycles. The van der Waals surface area contributed by atoms with E-state index in [1.807, 2.05) is 0 Å². The van der Waals surface area contributed by atoms with E-state index in [0.717, 1.165) is 6.92 Å². The summed E-state index contributed by atoms with van der Waals surface area (Å²) in [6, 6.07) is 4.87. The molecule has 1 aromatic rings. The second-order valence-electron chi connectivity index (χ2n) is 3.89. The minimum absolute atomic E-state index is 0.165. The number of carboxylic acid groups (broad SMARTS) is 1. The predicted octanol–water partition coefficient (Wildman–Crippen LogP) is 1.28. The molecule has 0 spiro atoms. The van der Waals surface area contributed by atoms with Crippen LogP contribution < -0.4 is 4.72 Å². The van der Waals surface area contributed by atoms with Crippen molar-refractivity contribution in [1.82, 2.24) is 4.72 Å². The third-order valence-electron chi connectivity index (χ3n) is 2.53. The average molecular weight is 275 g/mol. The Morgan fingerprint density at radius 1 is 1.33 bits per heavy atom. The Morgan fingerprint density at radius 3 is 2.39 bits per heavy atom. The van der Waals surface area contributed by atoms with Crippen molar-refractivity contribution in [3.63, 3.8) is 0 Å². The molecule has 1 unspecified atom stereocenters. The maximum Gasteiger partial charge on any atom is 0.323 e. The minimum atomic E-state index is -4.04. The van der Waals surface area contributed by atoms with Gasteiger partial charge in [0.15, 0.2) is 5.25 Å². The van der Waals surface area contributed by atoms with Crippen molar-refractivity contribution >= 4 is 16.0 Å². The van der Waals surface area contributed by atoms with Crippen molar-refractivity contribution in [2.45, 2.75) is 25.1 Å². The summed E-state index contributed by atoms with van der Waals surface area (Å²) >= 11 is 0. The first-order valence-corrected chi connectivity index (χ1v) is 6.78. The van der Waals surface area contributed by atoms with Gasteiger partial charge in [0.2, 0.25) is 10.0 Å². The van der Waals surface area contributed by atoms with Crippen molar-refractivity contribution in [2.24, 2.45) is 0 Å². The van der Waals surface area contributed by atoms with Gasteiger partial charge in [-0.1, -0.05) is 18.2 Å². The van der Waals surface area contributed by atoms with E-state index >= 15 is 0 Å². The zero-order chi connectivity index (χ0) is 13.9. The summed E-state index contributed by atoms with van der Waals surface area (Å²) in [6.07, 6.45) is 0. The highest BCUT2D eigenvalue weighted by Gasteiger charge is 2.29. The first-order chi connectivity index (χ1) is 8.25. The number of sulfonamides is 1. The third kappa shape index (κ3) is 3.27. The molecule has 2 atom stereocenters. The summed E-state index contributed by atoms with van der Waals surface area (Å²) in [5.41, 5.74) is 0.165. The second kappa shape index (κ2) is 5.45. The Morgan fingerprint density at radius 2 is 1.89 bits per heavy atom. The van der Waals surface area contributed by atoms with E-state index < -0.39 is 33.1 Å². The summed E-state index contributed by atoms with van der Waals surface area (Å²) in [5, 5.41) is 7.07. The van der Waals surface area contributed by atoms with Crippen LogP contribution in [0.1, 0.15) is 25.5 Å². The van der Waals surface area contributed by atoms with Crippen LogP contribution in [0, 0.1) is 5.82 Å². The molecule has 0 saturated heterocycles. The number of carboxylic acids is 1. The summed E-state index contributed by atoms with van der Waals surface area (Å²) < 4.78 is 38.9. The molecule has 0 bridgehead atoms. The lowest BCUT2D eigenvalue weighted by molar-refractivity contribution is -0.136. The van der Waals surface area contributed by atoms with E-state index in [9.17, 15) is 17.6 Å². The lowest BCUT2D eigenvalue weighted by Gasteiger charge is -2.17. The zero-order valence-electron chi connectivity index (χ0n) is 9.92. The van der Waals surface area contributed by atoms with E-state index in [-0.39, 0.29) is 5.56 Å². The molecule has 2 N–H and O–H groups in total. The second-order valence-corrected chi connectivity index (χ2v) is 5.92. The fraction of sp³-hybridized carbons (Fsp3) is 0.364. The molecule has 0 aromatic heterocycles. The van der Waals surface area contributed by atoms with Gasteiger partial charge in [0.05, 0.1) is 0 Å². The Labute approximate surface area is 105 Å². The van der Waals surface area contributed by atoms with Crippen LogP contribution in [-0.4, -0.2) is 24.7 Å². The molecule has 0 saturated carbocycles. The molecule has 0 fully saturated rings. The fourth-order valence-corrected chi connectivity index (χ4v) is 2.46. The summed E-state index contributed by atoms with van der Waals surface area (Å²) in [7, 11) is -4.04. The van der Waals surface area contributed by atoms with Crippen molar-refractivity contribution < 1.29 is 22.7 Å². The standard InChI is InChI=1S/C11H14FNO4S/c1-7(9-5-3-4-6-10(9)12)13-18(16,17)8(2)11(14)15/h3-8,13H,1-2H3,(H,14,15)/t7-,8?/m1/s1. The maximum atomic E-state index is 13.4. The molecule has 1 aromatic carbocycles. The maximum absolute atomic E-state index is 13.4. The molecular formula is C11H14FNO4S. The number of hydrogen-bond donors (Lipinski definition) is 2. The topological polar surface area (TPSA) is 83.5 Å². The molecule has 100 valence electrons. The van der Waals surface area contributed by atoms with Gasteiger partial charge in [-0.3, -0.25) is 4.79 Å². The summed E-state index contributed by atoms with van der Waals surface area (Å²) in [5.74, 6) is -2.00. The Hall–Kier alpha value is -1.47. The molecule has 0 aliphatic heterocycles. The van der Waals surface area contributed by atoms with Crippen molar-refractivity contribution in [3.05, 3.63) is 35.6 Å². The lowest BCUT2D eigenvalue weighted by Crippen LogP contribution is -2.38. The quantitative estimate of drug-likeness (QED) is 0.848. The third-order valence-corrected chi connectivity index (χ3v) is 4.34. The number of benzene rings is 1. The van der Waals surface area contributed by atoms with Gasteiger partial charge in [-0.05, 0) is 19.9 Å². The van der Waals surface area contributed by atoms with Gasteiger partial charge in [0, 0.05) is 11.6 Å². The van der Waals surface area contributed by atoms with Gasteiger partial charge >= 0.3 is 5.97 Å². The van der Waals surface area contributed by atoms with Crippen LogP contribution in [0.25, 0.3) is 0 Å². The van der Waals surface area contributed by atoms with Crippen LogP contribution in [0.2, 0.25) is 0 Å². The molecular weight excluding hydrogens is 261 g/mol. The van der Waals surface area contributed by atoms with Gasteiger partial charge in [-0.2, -0.15) is 0 Å². The van der Waals surface area contributed by atoms with Gasteiger partial charge in [-0.15, -0.1) is 0 Å². The largest absolute Gasteiger partial charge is 0.480 e. The number of aliphatic carboxylic acids is 1.